The highest BCUT2D eigenvalue weighted by Gasteiger charge is 2.11. The highest BCUT2D eigenvalue weighted by atomic mass is 16.2. The second kappa shape index (κ2) is 9.93. The number of nitrogens with zero attached hydrogens (tertiary/aromatic N) is 1. The molecule has 0 aromatic heterocycles. The molecule has 2 amide bonds. The number of anilines is 1. The quantitative estimate of drug-likeness (QED) is 0.727. The highest BCUT2D eigenvalue weighted by Crippen LogP contribution is 2.17. The summed E-state index contributed by atoms with van der Waals surface area (Å²) in [6.07, 6.45) is 0. The molecule has 0 aliphatic rings. The first kappa shape index (κ1) is 21.5. The zero-order chi connectivity index (χ0) is 20.7. The van der Waals surface area contributed by atoms with Gasteiger partial charge >= 0.3 is 0 Å². The molecule has 2 rings (SSSR count). The average Bonchev–Trinajstić information content (AvgIpc) is 2.66. The molecule has 1 unspecified atom stereocenters. The Morgan fingerprint density at radius 2 is 1.82 bits per heavy atom. The summed E-state index contributed by atoms with van der Waals surface area (Å²) in [5.41, 5.74) is 5.47. The van der Waals surface area contributed by atoms with Crippen molar-refractivity contribution < 1.29 is 9.59 Å². The molecule has 0 aliphatic carbocycles. The molecule has 1 atom stereocenters. The van der Waals surface area contributed by atoms with Crippen LogP contribution >= 0.6 is 0 Å². The zero-order valence-corrected chi connectivity index (χ0v) is 17.5. The van der Waals surface area contributed by atoms with Crippen LogP contribution in [0, 0.1) is 13.8 Å². The minimum atomic E-state index is -0.0601. The van der Waals surface area contributed by atoms with Gasteiger partial charge in [0, 0.05) is 25.7 Å². The van der Waals surface area contributed by atoms with Crippen LogP contribution in [0.25, 0.3) is 0 Å². The second-order valence-electron chi connectivity index (χ2n) is 7.22. The normalized spacial score (nSPS) is 11.6. The number of rotatable bonds is 8. The molecule has 0 saturated carbocycles. The van der Waals surface area contributed by atoms with Crippen molar-refractivity contribution in [1.82, 2.24) is 10.2 Å². The van der Waals surface area contributed by atoms with E-state index in [2.05, 4.69) is 42.7 Å². The lowest BCUT2D eigenvalue weighted by Gasteiger charge is -2.19. The fourth-order valence-electron chi connectivity index (χ4n) is 3.04. The van der Waals surface area contributed by atoms with Crippen LogP contribution in [0.3, 0.4) is 0 Å². The predicted octanol–water partition coefficient (Wildman–Crippen LogP) is 3.96. The van der Waals surface area contributed by atoms with Gasteiger partial charge in [-0.25, -0.2) is 0 Å². The van der Waals surface area contributed by atoms with Crippen LogP contribution in [-0.4, -0.2) is 29.8 Å². The molecule has 5 heteroatoms. The van der Waals surface area contributed by atoms with Gasteiger partial charge < -0.3 is 15.5 Å². The SMILES string of the molecule is CCN(Cc1cccc(NCC(=O)NC(C)c2ccc(C)c(C)c2)c1)C(C)=O. The summed E-state index contributed by atoms with van der Waals surface area (Å²) in [7, 11) is 0. The maximum atomic E-state index is 12.3. The van der Waals surface area contributed by atoms with Gasteiger partial charge in [0.1, 0.15) is 0 Å². The van der Waals surface area contributed by atoms with Crippen LogP contribution in [-0.2, 0) is 16.1 Å². The molecule has 0 spiro atoms. The lowest BCUT2D eigenvalue weighted by atomic mass is 10.0. The van der Waals surface area contributed by atoms with Gasteiger partial charge in [0.15, 0.2) is 0 Å². The summed E-state index contributed by atoms with van der Waals surface area (Å²) >= 11 is 0. The number of amides is 2. The van der Waals surface area contributed by atoms with Crippen LogP contribution in [0.4, 0.5) is 5.69 Å². The van der Waals surface area contributed by atoms with Crippen molar-refractivity contribution in [1.29, 1.82) is 0 Å². The van der Waals surface area contributed by atoms with Crippen LogP contribution in [0.2, 0.25) is 0 Å². The van der Waals surface area contributed by atoms with Crippen molar-refractivity contribution in [3.63, 3.8) is 0 Å². The maximum Gasteiger partial charge on any atom is 0.239 e. The van der Waals surface area contributed by atoms with E-state index in [1.807, 2.05) is 38.1 Å². The van der Waals surface area contributed by atoms with E-state index < -0.39 is 0 Å². The molecule has 2 aromatic rings. The third-order valence-electron chi connectivity index (χ3n) is 4.99. The Morgan fingerprint density at radius 1 is 1.07 bits per heavy atom. The molecule has 5 nitrogen and oxygen atoms in total. The van der Waals surface area contributed by atoms with E-state index in [0.717, 1.165) is 16.8 Å². The van der Waals surface area contributed by atoms with E-state index in [9.17, 15) is 9.59 Å². The molecule has 150 valence electrons. The summed E-state index contributed by atoms with van der Waals surface area (Å²) < 4.78 is 0. The summed E-state index contributed by atoms with van der Waals surface area (Å²) in [5.74, 6) is -0.00405. The number of benzene rings is 2. The summed E-state index contributed by atoms with van der Waals surface area (Å²) in [6.45, 7) is 11.1. The monoisotopic (exact) mass is 381 g/mol. The van der Waals surface area contributed by atoms with Crippen LogP contribution in [0.15, 0.2) is 42.5 Å². The van der Waals surface area contributed by atoms with Crippen molar-refractivity contribution in [3.05, 3.63) is 64.7 Å². The number of carbonyl (C=O) groups is 2. The molecule has 0 saturated heterocycles. The first-order chi connectivity index (χ1) is 13.3. The number of hydrogen-bond acceptors (Lipinski definition) is 3. The van der Waals surface area contributed by atoms with Crippen LogP contribution in [0.5, 0.6) is 0 Å². The molecular formula is C23H31N3O2. The Labute approximate surface area is 168 Å². The van der Waals surface area contributed by atoms with Crippen molar-refractivity contribution in [2.45, 2.75) is 47.2 Å². The third kappa shape index (κ3) is 6.12. The molecule has 0 bridgehead atoms. The molecule has 2 N–H and O–H groups in total. The fraction of sp³-hybridized carbons (Fsp3) is 0.391. The number of nitrogens with one attached hydrogen (secondary N) is 2. The maximum absolute atomic E-state index is 12.3. The first-order valence-electron chi connectivity index (χ1n) is 9.75. The van der Waals surface area contributed by atoms with E-state index in [0.29, 0.717) is 13.1 Å². The van der Waals surface area contributed by atoms with Gasteiger partial charge in [-0.2, -0.15) is 0 Å². The van der Waals surface area contributed by atoms with E-state index in [4.69, 9.17) is 0 Å². The summed E-state index contributed by atoms with van der Waals surface area (Å²) in [6, 6.07) is 14.0. The minimum absolute atomic E-state index is 0.0476. The molecule has 0 heterocycles. The lowest BCUT2D eigenvalue weighted by molar-refractivity contribution is -0.129. The number of aryl methyl sites for hydroxylation is 2. The number of carbonyl (C=O) groups excluding carboxylic acids is 2. The molecule has 28 heavy (non-hydrogen) atoms. The molecule has 0 aliphatic heterocycles. The Bertz CT molecular complexity index is 832. The Hall–Kier alpha value is -2.82. The standard InChI is InChI=1S/C23H31N3O2/c1-6-26(19(5)27)15-20-8-7-9-22(13-20)24-14-23(28)25-18(4)21-11-10-16(2)17(3)12-21/h7-13,18,24H,6,14-15H2,1-5H3,(H,25,28). The zero-order valence-electron chi connectivity index (χ0n) is 17.5. The molecule has 0 fully saturated rings. The van der Waals surface area contributed by atoms with Gasteiger partial charge in [-0.3, -0.25) is 9.59 Å². The minimum Gasteiger partial charge on any atom is -0.376 e. The van der Waals surface area contributed by atoms with Gasteiger partial charge in [-0.15, -0.1) is 0 Å². The lowest BCUT2D eigenvalue weighted by Crippen LogP contribution is -2.32. The smallest absolute Gasteiger partial charge is 0.239 e. The second-order valence-corrected chi connectivity index (χ2v) is 7.22. The van der Waals surface area contributed by atoms with E-state index in [1.165, 1.54) is 11.1 Å². The largest absolute Gasteiger partial charge is 0.376 e. The van der Waals surface area contributed by atoms with Gasteiger partial charge in [-0.1, -0.05) is 30.3 Å². The first-order valence-corrected chi connectivity index (χ1v) is 9.75. The van der Waals surface area contributed by atoms with Gasteiger partial charge in [0.2, 0.25) is 11.8 Å². The van der Waals surface area contributed by atoms with Gasteiger partial charge in [0.05, 0.1) is 12.6 Å². The Kier molecular flexibility index (Phi) is 7.61. The molecule has 2 aromatic carbocycles. The van der Waals surface area contributed by atoms with Crippen LogP contribution in [0.1, 0.15) is 49.1 Å². The number of hydrogen-bond donors (Lipinski definition) is 2. The average molecular weight is 382 g/mol. The summed E-state index contributed by atoms with van der Waals surface area (Å²) in [5, 5.41) is 6.20. The highest BCUT2D eigenvalue weighted by molar-refractivity contribution is 5.81. The van der Waals surface area contributed by atoms with Crippen molar-refractivity contribution >= 4 is 17.5 Å². The van der Waals surface area contributed by atoms with Crippen molar-refractivity contribution in [3.8, 4) is 0 Å². The Balaban J connectivity index is 1.90. The predicted molar refractivity (Wildman–Crippen MR) is 114 cm³/mol. The van der Waals surface area contributed by atoms with E-state index in [1.54, 1.807) is 11.8 Å². The topological polar surface area (TPSA) is 61.4 Å². The summed E-state index contributed by atoms with van der Waals surface area (Å²) in [4.78, 5) is 25.7. The van der Waals surface area contributed by atoms with E-state index >= 15 is 0 Å². The van der Waals surface area contributed by atoms with Crippen molar-refractivity contribution in [2.24, 2.45) is 0 Å². The molecule has 0 radical (unpaired) electrons. The van der Waals surface area contributed by atoms with Gasteiger partial charge in [0.25, 0.3) is 0 Å². The van der Waals surface area contributed by atoms with E-state index in [-0.39, 0.29) is 24.4 Å². The van der Waals surface area contributed by atoms with Crippen LogP contribution < -0.4 is 10.6 Å². The van der Waals surface area contributed by atoms with Crippen molar-refractivity contribution in [2.75, 3.05) is 18.4 Å². The third-order valence-corrected chi connectivity index (χ3v) is 4.99. The Morgan fingerprint density at radius 3 is 2.46 bits per heavy atom. The fourth-order valence-corrected chi connectivity index (χ4v) is 3.04. The van der Waals surface area contributed by atoms with Gasteiger partial charge in [-0.05, 0) is 62.1 Å². The molecular weight excluding hydrogens is 350 g/mol.